The fourth-order valence-electron chi connectivity index (χ4n) is 7.40. The standard InChI is InChI=1S/C14H26O3.C12H20O3.C10H16O5.2C10H18O3.2C9H16O3.C8H14O3.C7H12O3/c1-6-8-9-13(7-2)10-16-12(5)17-14(15)11(3)4;1-9(2)12(13)15-10(3)14-11-7-5-4-6-8-11;1-7(2)10(12)15-9(4)14-6-5-13-8(3)11;1-7(2)6-12-9(5)13-10(11)8(3)4;1-5-6-7-12-9(4)13-10(11)8(2)3;1-5-9(10)12-8(4)11-6-7(2)3;1-4-6-7-11-8(3)12-9(10)5-2;1-5-10-7(4)11-8(9)6(2)3;1-4-7(8)10-6(3)9-5-2/h12-13H,3,6-10H2,1-2,4-5H3;10-11H,1,4-8H2,2-3H3;9H,1,5-6H2,2-4H3;7,9H,3,6H2,1-2,4-5H3;9H,2,5-7H2,1,3-4H3;5,7-8H,1,6H2,2-4H3;5,8H,2,4,6-7H2,1,3H3;7H,2,5H2,1,3-4H3;4,6H,1,5H2,2-3H3. The summed E-state index contributed by atoms with van der Waals surface area (Å²) in [4.78, 5) is 108. The number of ether oxygens (including phenoxy) is 19. The number of rotatable bonds is 49. The van der Waals surface area contributed by atoms with Gasteiger partial charge in [-0.15, -0.1) is 0 Å². The van der Waals surface area contributed by atoms with Crippen LogP contribution in [-0.2, 0) is 138 Å². The van der Waals surface area contributed by atoms with E-state index in [0.717, 1.165) is 63.2 Å². The van der Waals surface area contributed by atoms with E-state index in [4.69, 9.17) is 80.5 Å². The molecule has 29 heteroatoms. The molecule has 0 heterocycles. The van der Waals surface area contributed by atoms with E-state index in [1.54, 1.807) is 104 Å². The Bertz CT molecular complexity index is 2800. The predicted molar refractivity (Wildman–Crippen MR) is 456 cm³/mol. The lowest BCUT2D eigenvalue weighted by Gasteiger charge is -2.25. The molecule has 1 aliphatic carbocycles. The van der Waals surface area contributed by atoms with Crippen LogP contribution in [0.15, 0.2) is 111 Å². The van der Waals surface area contributed by atoms with Crippen molar-refractivity contribution < 1.29 is 138 Å². The fraction of sp³-hybridized carbons (Fsp3) is 0.685. The fourth-order valence-corrected chi connectivity index (χ4v) is 7.40. The average molecular weight is 1690 g/mol. The van der Waals surface area contributed by atoms with Crippen LogP contribution in [0.2, 0.25) is 0 Å². The lowest BCUT2D eigenvalue weighted by Crippen LogP contribution is -2.26. The summed E-state index contributed by atoms with van der Waals surface area (Å²) in [6, 6.07) is 0. The predicted octanol–water partition coefficient (Wildman–Crippen LogP) is 18.1. The van der Waals surface area contributed by atoms with Crippen molar-refractivity contribution in [2.75, 3.05) is 59.5 Å². The van der Waals surface area contributed by atoms with Crippen molar-refractivity contribution in [3.63, 3.8) is 0 Å². The first-order valence-corrected chi connectivity index (χ1v) is 40.5. The molecule has 118 heavy (non-hydrogen) atoms. The van der Waals surface area contributed by atoms with Crippen molar-refractivity contribution in [1.82, 2.24) is 0 Å². The van der Waals surface area contributed by atoms with E-state index in [1.165, 1.54) is 45.4 Å². The van der Waals surface area contributed by atoms with Gasteiger partial charge in [-0.3, -0.25) is 4.79 Å². The van der Waals surface area contributed by atoms with Gasteiger partial charge in [0, 0.05) is 71.8 Å². The van der Waals surface area contributed by atoms with Crippen molar-refractivity contribution in [3.8, 4) is 0 Å². The van der Waals surface area contributed by atoms with Gasteiger partial charge in [0.1, 0.15) is 6.61 Å². The Hall–Kier alpha value is -8.00. The van der Waals surface area contributed by atoms with E-state index in [-0.39, 0.29) is 37.2 Å². The molecule has 0 amide bonds. The second-order valence-electron chi connectivity index (χ2n) is 27.3. The van der Waals surface area contributed by atoms with Gasteiger partial charge in [0.2, 0.25) is 12.6 Å². The van der Waals surface area contributed by atoms with Crippen LogP contribution in [0, 0.1) is 17.8 Å². The SMILES string of the molecule is C=C(C)C(=O)OC(C)OC1CCCCC1.C=C(C)C(=O)OC(C)OCC.C=C(C)C(=O)OC(C)OCC(C)C.C=C(C)C(=O)OC(C)OCC(CC)CCCC.C=C(C)C(=O)OC(C)OCCCC.C=C(C)C(=O)OC(C)OCCOC(C)=O.C=CC(=O)OC(C)OCC.C=CC(=O)OC(C)OCC(C)C.C=CC(=O)OC(C)OCCCC. The first kappa shape index (κ1) is 126. The van der Waals surface area contributed by atoms with Crippen LogP contribution in [0.5, 0.6) is 0 Å². The summed E-state index contributed by atoms with van der Waals surface area (Å²) in [6.07, 6.45) is 13.8. The van der Waals surface area contributed by atoms with E-state index >= 15 is 0 Å². The van der Waals surface area contributed by atoms with Crippen LogP contribution in [0.4, 0.5) is 0 Å². The minimum atomic E-state index is -0.676. The summed E-state index contributed by atoms with van der Waals surface area (Å²) in [5.74, 6) is -2.78. The molecule has 0 spiro atoms. The zero-order valence-corrected chi connectivity index (χ0v) is 77.0. The van der Waals surface area contributed by atoms with Gasteiger partial charge in [0.15, 0.2) is 44.0 Å². The van der Waals surface area contributed by atoms with E-state index in [2.05, 4.69) is 96.4 Å². The van der Waals surface area contributed by atoms with E-state index in [1.807, 2.05) is 41.5 Å². The van der Waals surface area contributed by atoms with Crippen molar-refractivity contribution in [2.45, 2.75) is 326 Å². The summed E-state index contributed by atoms with van der Waals surface area (Å²) in [5, 5.41) is 0. The lowest BCUT2D eigenvalue weighted by atomic mass is 9.98. The molecule has 10 unspecified atom stereocenters. The second-order valence-corrected chi connectivity index (χ2v) is 27.3. The summed E-state index contributed by atoms with van der Waals surface area (Å²) in [5.41, 5.74) is 2.29. The molecule has 0 aromatic heterocycles. The van der Waals surface area contributed by atoms with Gasteiger partial charge in [-0.05, 0) is 168 Å². The highest BCUT2D eigenvalue weighted by Gasteiger charge is 2.21. The third-order valence-electron chi connectivity index (χ3n) is 13.7. The lowest BCUT2D eigenvalue weighted by molar-refractivity contribution is -0.183. The highest BCUT2D eigenvalue weighted by Crippen LogP contribution is 2.22. The number of carbonyl (C=O) groups excluding carboxylic acids is 10. The molecule has 1 rings (SSSR count). The molecule has 0 aromatic rings. The van der Waals surface area contributed by atoms with Crippen LogP contribution >= 0.6 is 0 Å². The minimum Gasteiger partial charge on any atom is -0.463 e. The Morgan fingerprint density at radius 2 is 0.585 bits per heavy atom. The minimum absolute atomic E-state index is 0.143. The maximum atomic E-state index is 11.2. The third kappa shape index (κ3) is 95.1. The second kappa shape index (κ2) is 84.0. The number of unbranched alkanes of at least 4 members (excludes halogenated alkanes) is 3. The molecule has 686 valence electrons. The van der Waals surface area contributed by atoms with E-state index in [9.17, 15) is 47.9 Å². The molecule has 0 aromatic carbocycles. The molecule has 1 aliphatic rings. The average Bonchev–Trinajstić information content (AvgIpc) is 0.924. The van der Waals surface area contributed by atoms with Gasteiger partial charge in [-0.1, -0.05) is 166 Å². The van der Waals surface area contributed by atoms with Crippen molar-refractivity contribution in [3.05, 3.63) is 111 Å². The Kier molecular flexibility index (Phi) is 89.5. The van der Waals surface area contributed by atoms with Gasteiger partial charge >= 0.3 is 59.7 Å². The van der Waals surface area contributed by atoms with Gasteiger partial charge in [0.25, 0.3) is 0 Å². The molecular weight excluding hydrogens is 1530 g/mol. The molecule has 0 aliphatic heterocycles. The van der Waals surface area contributed by atoms with Crippen molar-refractivity contribution in [2.24, 2.45) is 17.8 Å². The highest BCUT2D eigenvalue weighted by atomic mass is 16.7. The summed E-state index contributed by atoms with van der Waals surface area (Å²) >= 11 is 0. The first-order chi connectivity index (χ1) is 55.1. The molecular formula is C89H156O29. The van der Waals surface area contributed by atoms with Gasteiger partial charge in [0.05, 0.1) is 45.7 Å². The Morgan fingerprint density at radius 1 is 0.322 bits per heavy atom. The molecule has 29 nitrogen and oxygen atoms in total. The van der Waals surface area contributed by atoms with Crippen LogP contribution in [-0.4, -0.2) is 182 Å². The number of esters is 10. The molecule has 0 N–H and O–H groups in total. The first-order valence-electron chi connectivity index (χ1n) is 40.5. The highest BCUT2D eigenvalue weighted by molar-refractivity contribution is 5.89. The Balaban J connectivity index is -0.000000193. The smallest absolute Gasteiger partial charge is 0.335 e. The molecule has 10 atom stereocenters. The van der Waals surface area contributed by atoms with E-state index in [0.29, 0.717) is 97.4 Å². The zero-order chi connectivity index (χ0) is 92.9. The van der Waals surface area contributed by atoms with Gasteiger partial charge < -0.3 is 90.0 Å². The number of carbonyl (C=O) groups is 10. The molecule has 1 saturated carbocycles. The topological polar surface area (TPSA) is 346 Å². The van der Waals surface area contributed by atoms with Crippen molar-refractivity contribution >= 4 is 59.7 Å². The number of hydrogen-bond donors (Lipinski definition) is 0. The molecule has 1 fully saturated rings. The normalized spacial score (nSPS) is 13.5. The third-order valence-corrected chi connectivity index (χ3v) is 13.7. The quantitative estimate of drug-likeness (QED) is 0.0179. The maximum absolute atomic E-state index is 11.2. The van der Waals surface area contributed by atoms with Crippen LogP contribution in [0.3, 0.4) is 0 Å². The largest absolute Gasteiger partial charge is 0.463 e. The van der Waals surface area contributed by atoms with Gasteiger partial charge in [-0.25, -0.2) is 43.2 Å². The summed E-state index contributed by atoms with van der Waals surface area (Å²) in [7, 11) is 0. The summed E-state index contributed by atoms with van der Waals surface area (Å²) < 4.78 is 95.3. The summed E-state index contributed by atoms with van der Waals surface area (Å²) in [6.45, 7) is 81.6. The van der Waals surface area contributed by atoms with Crippen LogP contribution in [0.25, 0.3) is 0 Å². The molecule has 0 radical (unpaired) electrons. The van der Waals surface area contributed by atoms with Gasteiger partial charge in [-0.2, -0.15) is 0 Å². The van der Waals surface area contributed by atoms with Crippen molar-refractivity contribution in [1.29, 1.82) is 0 Å². The zero-order valence-electron chi connectivity index (χ0n) is 77.0. The monoisotopic (exact) mass is 1690 g/mol. The van der Waals surface area contributed by atoms with E-state index < -0.39 is 98.4 Å². The molecule has 0 bridgehead atoms. The Labute approximate surface area is 708 Å². The maximum Gasteiger partial charge on any atom is 0.335 e. The molecule has 0 saturated heterocycles. The Morgan fingerprint density at radius 3 is 0.856 bits per heavy atom. The number of hydrogen-bond acceptors (Lipinski definition) is 29. The van der Waals surface area contributed by atoms with Crippen LogP contribution in [0.1, 0.15) is 263 Å². The van der Waals surface area contributed by atoms with Crippen LogP contribution < -0.4 is 0 Å².